The molecule has 2 heterocycles. The van der Waals surface area contributed by atoms with E-state index in [0.717, 1.165) is 50.3 Å². The van der Waals surface area contributed by atoms with E-state index < -0.39 is 6.09 Å². The number of primary amides is 1. The van der Waals surface area contributed by atoms with Crippen LogP contribution in [0.15, 0.2) is 30.5 Å². The van der Waals surface area contributed by atoms with Gasteiger partial charge in [0.25, 0.3) is 0 Å². The third-order valence-electron chi connectivity index (χ3n) is 7.30. The van der Waals surface area contributed by atoms with Crippen LogP contribution in [0.1, 0.15) is 24.5 Å². The van der Waals surface area contributed by atoms with Gasteiger partial charge in [0.2, 0.25) is 5.95 Å². The number of likely N-dealkylation sites (N-methyl/N-ethyl adjacent to an activating group) is 1. The highest BCUT2D eigenvalue weighted by molar-refractivity contribution is 6.32. The molecule has 2 aromatic rings. The van der Waals surface area contributed by atoms with Gasteiger partial charge in [-0.3, -0.25) is 0 Å². The lowest BCUT2D eigenvalue weighted by atomic mass is 9.98. The van der Waals surface area contributed by atoms with Gasteiger partial charge in [0.15, 0.2) is 5.82 Å². The summed E-state index contributed by atoms with van der Waals surface area (Å²) < 4.78 is 11.1. The maximum atomic E-state index is 11.4. The summed E-state index contributed by atoms with van der Waals surface area (Å²) in [7, 11) is 1.67. The Hall–Kier alpha value is -3.04. The van der Waals surface area contributed by atoms with E-state index in [2.05, 4.69) is 56.7 Å². The molecule has 4 N–H and O–H groups in total. The van der Waals surface area contributed by atoms with E-state index in [1.54, 1.807) is 13.3 Å². The molecule has 4 atom stereocenters. The SMILES string of the molecule is CCN1CCc2cc(Nc3ncc(Cl)c(N[C@H]4[C@@H](OC(N)=O)[C@@H]5C=C[C@H]4C5)n3)c(OC)cc2CC1. The zero-order valence-corrected chi connectivity index (χ0v) is 20.7. The summed E-state index contributed by atoms with van der Waals surface area (Å²) in [6.07, 6.45) is 7.50. The van der Waals surface area contributed by atoms with E-state index in [4.69, 9.17) is 26.8 Å². The first kappa shape index (κ1) is 23.7. The molecule has 0 radical (unpaired) electrons. The fourth-order valence-electron chi connectivity index (χ4n) is 5.45. The number of amides is 1. The monoisotopic (exact) mass is 498 g/mol. The van der Waals surface area contributed by atoms with Crippen molar-refractivity contribution in [3.05, 3.63) is 46.6 Å². The van der Waals surface area contributed by atoms with Gasteiger partial charge >= 0.3 is 6.09 Å². The standard InChI is InChI=1S/C25H31ClN6O3/c1-3-32-8-6-14-11-19(20(34-2)12-15(14)7-9-32)29-25-28-13-18(26)23(31-25)30-21-16-4-5-17(10-16)22(21)35-24(27)33/h4-5,11-13,16-17,21-22H,3,6-10H2,1-2H3,(H2,27,33)(H2,28,29,30,31)/t16-,17+,21+,22-/m0/s1. The Morgan fingerprint density at radius 1 is 1.23 bits per heavy atom. The van der Waals surface area contributed by atoms with Gasteiger partial charge in [-0.25, -0.2) is 9.78 Å². The van der Waals surface area contributed by atoms with Crippen LogP contribution in [0.2, 0.25) is 5.02 Å². The molecule has 0 saturated heterocycles. The van der Waals surface area contributed by atoms with Crippen LogP contribution in [0.4, 0.5) is 22.2 Å². The van der Waals surface area contributed by atoms with Gasteiger partial charge in [-0.15, -0.1) is 0 Å². The number of fused-ring (bicyclic) bond motifs is 3. The molecular weight excluding hydrogens is 468 g/mol. The first-order chi connectivity index (χ1) is 16.9. The predicted molar refractivity (Wildman–Crippen MR) is 135 cm³/mol. The Labute approximate surface area is 210 Å². The lowest BCUT2D eigenvalue weighted by molar-refractivity contribution is 0.0853. The van der Waals surface area contributed by atoms with Gasteiger partial charge in [-0.2, -0.15) is 4.98 Å². The second-order valence-electron chi connectivity index (χ2n) is 9.29. The Bertz CT molecular complexity index is 1140. The minimum atomic E-state index is -0.781. The van der Waals surface area contributed by atoms with Gasteiger partial charge in [0.1, 0.15) is 16.9 Å². The van der Waals surface area contributed by atoms with Crippen LogP contribution in [0, 0.1) is 11.8 Å². The molecule has 186 valence electrons. The average molecular weight is 499 g/mol. The number of hydrogen-bond donors (Lipinski definition) is 3. The molecular formula is C25H31ClN6O3. The van der Waals surface area contributed by atoms with Crippen molar-refractivity contribution in [3.63, 3.8) is 0 Å². The number of rotatable bonds is 7. The van der Waals surface area contributed by atoms with Crippen LogP contribution < -0.4 is 21.1 Å². The number of halogens is 1. The molecule has 5 rings (SSSR count). The number of nitrogens with one attached hydrogen (secondary N) is 2. The van der Waals surface area contributed by atoms with Gasteiger partial charge in [0.05, 0.1) is 25.0 Å². The minimum Gasteiger partial charge on any atom is -0.495 e. The Morgan fingerprint density at radius 2 is 1.97 bits per heavy atom. The first-order valence-electron chi connectivity index (χ1n) is 12.1. The minimum absolute atomic E-state index is 0.135. The summed E-state index contributed by atoms with van der Waals surface area (Å²) in [5.74, 6) is 1.95. The van der Waals surface area contributed by atoms with Gasteiger partial charge in [0, 0.05) is 24.9 Å². The second kappa shape index (κ2) is 9.91. The summed E-state index contributed by atoms with van der Waals surface area (Å²) in [5.41, 5.74) is 8.73. The summed E-state index contributed by atoms with van der Waals surface area (Å²) in [6, 6.07) is 4.08. The van der Waals surface area contributed by atoms with Crippen molar-refractivity contribution < 1.29 is 14.3 Å². The van der Waals surface area contributed by atoms with Crippen LogP contribution in [-0.2, 0) is 17.6 Å². The predicted octanol–water partition coefficient (Wildman–Crippen LogP) is 3.75. The molecule has 3 aliphatic rings. The molecule has 2 aliphatic carbocycles. The van der Waals surface area contributed by atoms with Crippen molar-refractivity contribution in [2.24, 2.45) is 17.6 Å². The van der Waals surface area contributed by atoms with Gasteiger partial charge in [-0.05, 0) is 49.1 Å². The summed E-state index contributed by atoms with van der Waals surface area (Å²) in [5, 5.41) is 7.07. The molecule has 1 amide bonds. The van der Waals surface area contributed by atoms with Crippen molar-refractivity contribution in [2.45, 2.75) is 38.3 Å². The fraction of sp³-hybridized carbons (Fsp3) is 0.480. The van der Waals surface area contributed by atoms with Crippen LogP contribution in [0.3, 0.4) is 0 Å². The fourth-order valence-corrected chi connectivity index (χ4v) is 5.60. The van der Waals surface area contributed by atoms with Gasteiger partial charge < -0.3 is 30.7 Å². The number of carbonyl (C=O) groups excluding carboxylic acids is 1. The number of carbonyl (C=O) groups is 1. The zero-order valence-electron chi connectivity index (χ0n) is 20.0. The molecule has 1 aromatic heterocycles. The summed E-state index contributed by atoms with van der Waals surface area (Å²) in [4.78, 5) is 22.9. The van der Waals surface area contributed by atoms with E-state index in [-0.39, 0.29) is 24.0 Å². The summed E-state index contributed by atoms with van der Waals surface area (Å²) in [6.45, 7) is 5.33. The van der Waals surface area contributed by atoms with Crippen molar-refractivity contribution in [3.8, 4) is 5.75 Å². The number of methoxy groups -OCH3 is 1. The van der Waals surface area contributed by atoms with Crippen LogP contribution in [0.5, 0.6) is 5.75 Å². The quantitative estimate of drug-likeness (QED) is 0.494. The number of ether oxygens (including phenoxy) is 2. The summed E-state index contributed by atoms with van der Waals surface area (Å²) >= 11 is 6.44. The van der Waals surface area contributed by atoms with E-state index in [0.29, 0.717) is 16.8 Å². The molecule has 2 bridgehead atoms. The molecule has 10 heteroatoms. The number of benzene rings is 1. The van der Waals surface area contributed by atoms with Crippen molar-refractivity contribution in [1.82, 2.24) is 14.9 Å². The Kier molecular flexibility index (Phi) is 6.71. The third kappa shape index (κ3) is 4.88. The highest BCUT2D eigenvalue weighted by atomic mass is 35.5. The maximum Gasteiger partial charge on any atom is 0.404 e. The molecule has 1 aromatic carbocycles. The lowest BCUT2D eigenvalue weighted by Gasteiger charge is -2.28. The average Bonchev–Trinajstić information content (AvgIpc) is 3.37. The molecule has 0 unspecified atom stereocenters. The highest BCUT2D eigenvalue weighted by Crippen LogP contribution is 2.43. The zero-order chi connectivity index (χ0) is 24.5. The lowest BCUT2D eigenvalue weighted by Crippen LogP contribution is -2.41. The van der Waals surface area contributed by atoms with E-state index >= 15 is 0 Å². The van der Waals surface area contributed by atoms with E-state index in [1.165, 1.54) is 11.1 Å². The number of aromatic nitrogens is 2. The van der Waals surface area contributed by atoms with E-state index in [9.17, 15) is 4.79 Å². The third-order valence-corrected chi connectivity index (χ3v) is 7.57. The maximum absolute atomic E-state index is 11.4. The normalized spacial score (nSPS) is 25.1. The van der Waals surface area contributed by atoms with Crippen LogP contribution >= 0.6 is 11.6 Å². The van der Waals surface area contributed by atoms with E-state index in [1.807, 2.05) is 0 Å². The number of hydrogen-bond acceptors (Lipinski definition) is 8. The Balaban J connectivity index is 1.37. The largest absolute Gasteiger partial charge is 0.495 e. The second-order valence-corrected chi connectivity index (χ2v) is 9.70. The molecule has 1 fully saturated rings. The molecule has 0 spiro atoms. The molecule has 35 heavy (non-hydrogen) atoms. The van der Waals surface area contributed by atoms with Crippen molar-refractivity contribution in [1.29, 1.82) is 0 Å². The number of nitrogens with two attached hydrogens (primary N) is 1. The topological polar surface area (TPSA) is 115 Å². The van der Waals surface area contributed by atoms with Crippen LogP contribution in [-0.4, -0.2) is 59.9 Å². The Morgan fingerprint density at radius 3 is 2.69 bits per heavy atom. The van der Waals surface area contributed by atoms with Crippen molar-refractivity contribution in [2.75, 3.05) is 37.4 Å². The highest BCUT2D eigenvalue weighted by Gasteiger charge is 2.47. The van der Waals surface area contributed by atoms with Gasteiger partial charge in [-0.1, -0.05) is 30.7 Å². The van der Waals surface area contributed by atoms with Crippen molar-refractivity contribution >= 4 is 35.1 Å². The number of anilines is 3. The molecule has 1 saturated carbocycles. The first-order valence-corrected chi connectivity index (χ1v) is 12.5. The smallest absolute Gasteiger partial charge is 0.404 e. The number of nitrogens with zero attached hydrogens (tertiary/aromatic N) is 3. The molecule has 1 aliphatic heterocycles. The van der Waals surface area contributed by atoms with Crippen LogP contribution in [0.25, 0.3) is 0 Å². The molecule has 9 nitrogen and oxygen atoms in total.